The maximum atomic E-state index is 13.3. The van der Waals surface area contributed by atoms with E-state index in [9.17, 15) is 13.6 Å². The molecule has 0 aliphatic carbocycles. The van der Waals surface area contributed by atoms with Crippen molar-refractivity contribution >= 4 is 5.97 Å². The summed E-state index contributed by atoms with van der Waals surface area (Å²) in [6, 6.07) is 2.88. The number of hydrogen-bond acceptors (Lipinski definition) is 3. The predicted molar refractivity (Wildman–Crippen MR) is 62.3 cm³/mol. The van der Waals surface area contributed by atoms with Crippen molar-refractivity contribution in [2.75, 3.05) is 0 Å². The van der Waals surface area contributed by atoms with Gasteiger partial charge in [-0.3, -0.25) is 0 Å². The van der Waals surface area contributed by atoms with Crippen LogP contribution in [0.2, 0.25) is 0 Å². The second-order valence-corrected chi connectivity index (χ2v) is 4.87. The van der Waals surface area contributed by atoms with Gasteiger partial charge in [0.25, 0.3) is 0 Å². The lowest BCUT2D eigenvalue weighted by atomic mass is 10.2. The number of ether oxygens (including phenoxy) is 2. The van der Waals surface area contributed by atoms with Crippen LogP contribution in [0.5, 0.6) is 5.75 Å². The van der Waals surface area contributed by atoms with E-state index >= 15 is 0 Å². The summed E-state index contributed by atoms with van der Waals surface area (Å²) < 4.78 is 36.1. The molecule has 0 radical (unpaired) electrons. The molecule has 18 heavy (non-hydrogen) atoms. The minimum Gasteiger partial charge on any atom is -0.476 e. The molecule has 0 aliphatic heterocycles. The second-order valence-electron chi connectivity index (χ2n) is 4.87. The number of esters is 1. The lowest BCUT2D eigenvalue weighted by Gasteiger charge is -2.22. The first-order chi connectivity index (χ1) is 8.19. The minimum atomic E-state index is -0.968. The molecule has 0 fully saturated rings. The van der Waals surface area contributed by atoms with Gasteiger partial charge in [-0.25, -0.2) is 13.6 Å². The summed E-state index contributed by atoms with van der Waals surface area (Å²) >= 11 is 0. The molecule has 1 aromatic carbocycles. The molecule has 1 atom stereocenters. The third-order valence-electron chi connectivity index (χ3n) is 1.94. The minimum absolute atomic E-state index is 0.185. The Hall–Kier alpha value is -1.65. The highest BCUT2D eigenvalue weighted by atomic mass is 19.1. The monoisotopic (exact) mass is 258 g/mol. The summed E-state index contributed by atoms with van der Waals surface area (Å²) in [6.07, 6.45) is -0.968. The van der Waals surface area contributed by atoms with Crippen LogP contribution in [0.4, 0.5) is 8.78 Å². The van der Waals surface area contributed by atoms with Gasteiger partial charge in [-0.05, 0) is 39.8 Å². The maximum absolute atomic E-state index is 13.3. The van der Waals surface area contributed by atoms with Crippen molar-refractivity contribution in [2.45, 2.75) is 39.4 Å². The summed E-state index contributed by atoms with van der Waals surface area (Å²) in [5.74, 6) is -2.35. The Morgan fingerprint density at radius 2 is 1.89 bits per heavy atom. The van der Waals surface area contributed by atoms with E-state index in [1.54, 1.807) is 20.8 Å². The quantitative estimate of drug-likeness (QED) is 0.781. The highest BCUT2D eigenvalue weighted by molar-refractivity contribution is 5.75. The number of halogens is 2. The topological polar surface area (TPSA) is 35.5 Å². The smallest absolute Gasteiger partial charge is 0.347 e. The molecule has 0 saturated carbocycles. The molecular formula is C13H16F2O3. The van der Waals surface area contributed by atoms with Crippen LogP contribution in [-0.2, 0) is 9.53 Å². The van der Waals surface area contributed by atoms with Crippen LogP contribution in [0, 0.1) is 11.6 Å². The standard InChI is InChI=1S/C13H16F2O3/c1-8(12(16)18-13(2,3)4)17-11-6-5-9(14)7-10(11)15/h5-8H,1-4H3. The van der Waals surface area contributed by atoms with E-state index in [1.807, 2.05) is 0 Å². The van der Waals surface area contributed by atoms with E-state index in [4.69, 9.17) is 9.47 Å². The van der Waals surface area contributed by atoms with Crippen LogP contribution in [0.3, 0.4) is 0 Å². The first-order valence-electron chi connectivity index (χ1n) is 5.53. The van der Waals surface area contributed by atoms with Crippen molar-refractivity contribution in [1.29, 1.82) is 0 Å². The molecule has 0 bridgehead atoms. The van der Waals surface area contributed by atoms with Gasteiger partial charge in [-0.15, -0.1) is 0 Å². The SMILES string of the molecule is CC(Oc1ccc(F)cc1F)C(=O)OC(C)(C)C. The van der Waals surface area contributed by atoms with Crippen molar-refractivity contribution in [3.63, 3.8) is 0 Å². The zero-order valence-electron chi connectivity index (χ0n) is 10.8. The zero-order valence-corrected chi connectivity index (χ0v) is 10.8. The lowest BCUT2D eigenvalue weighted by Crippen LogP contribution is -2.33. The van der Waals surface area contributed by atoms with Crippen molar-refractivity contribution in [3.05, 3.63) is 29.8 Å². The first-order valence-corrected chi connectivity index (χ1v) is 5.53. The third-order valence-corrected chi connectivity index (χ3v) is 1.94. The Kier molecular flexibility index (Phi) is 4.27. The summed E-state index contributed by atoms with van der Waals surface area (Å²) in [5.41, 5.74) is -0.643. The number of rotatable bonds is 3. The lowest BCUT2D eigenvalue weighted by molar-refractivity contribution is -0.162. The van der Waals surface area contributed by atoms with Gasteiger partial charge >= 0.3 is 5.97 Å². The maximum Gasteiger partial charge on any atom is 0.347 e. The van der Waals surface area contributed by atoms with Gasteiger partial charge in [-0.2, -0.15) is 0 Å². The predicted octanol–water partition coefficient (Wildman–Crippen LogP) is 3.07. The van der Waals surface area contributed by atoms with Crippen LogP contribution in [0.15, 0.2) is 18.2 Å². The molecule has 3 nitrogen and oxygen atoms in total. The van der Waals surface area contributed by atoms with Crippen LogP contribution in [0.25, 0.3) is 0 Å². The molecule has 0 aromatic heterocycles. The van der Waals surface area contributed by atoms with E-state index in [-0.39, 0.29) is 5.75 Å². The molecular weight excluding hydrogens is 242 g/mol. The number of carbonyl (C=O) groups excluding carboxylic acids is 1. The fourth-order valence-electron chi connectivity index (χ4n) is 1.19. The normalized spacial score (nSPS) is 13.0. The second kappa shape index (κ2) is 5.33. The highest BCUT2D eigenvalue weighted by Crippen LogP contribution is 2.20. The summed E-state index contributed by atoms with van der Waals surface area (Å²) in [5, 5.41) is 0. The van der Waals surface area contributed by atoms with Crippen molar-refractivity contribution in [1.82, 2.24) is 0 Å². The molecule has 1 unspecified atom stereocenters. The molecule has 1 aromatic rings. The molecule has 0 amide bonds. The largest absolute Gasteiger partial charge is 0.476 e. The number of benzene rings is 1. The van der Waals surface area contributed by atoms with Gasteiger partial charge in [0.1, 0.15) is 11.4 Å². The van der Waals surface area contributed by atoms with Gasteiger partial charge in [0.05, 0.1) is 0 Å². The van der Waals surface area contributed by atoms with Crippen LogP contribution < -0.4 is 4.74 Å². The molecule has 1 rings (SSSR count). The van der Waals surface area contributed by atoms with Crippen LogP contribution in [-0.4, -0.2) is 17.7 Å². The van der Waals surface area contributed by atoms with Gasteiger partial charge in [0, 0.05) is 6.07 Å². The van der Waals surface area contributed by atoms with E-state index in [0.717, 1.165) is 12.1 Å². The number of carbonyl (C=O) groups is 1. The molecule has 0 heterocycles. The Morgan fingerprint density at radius 1 is 1.28 bits per heavy atom. The van der Waals surface area contributed by atoms with Crippen molar-refractivity contribution in [2.24, 2.45) is 0 Å². The third kappa shape index (κ3) is 4.31. The Morgan fingerprint density at radius 3 is 2.39 bits per heavy atom. The molecule has 100 valence electrons. The van der Waals surface area contributed by atoms with Gasteiger partial charge in [-0.1, -0.05) is 0 Å². The van der Waals surface area contributed by atoms with E-state index in [2.05, 4.69) is 0 Å². The van der Waals surface area contributed by atoms with Gasteiger partial charge in [0.15, 0.2) is 17.7 Å². The van der Waals surface area contributed by atoms with Crippen molar-refractivity contribution in [3.8, 4) is 5.75 Å². The van der Waals surface area contributed by atoms with Crippen LogP contribution >= 0.6 is 0 Å². The Bertz CT molecular complexity index is 438. The molecule has 0 spiro atoms. The number of hydrogen-bond donors (Lipinski definition) is 0. The summed E-state index contributed by atoms with van der Waals surface area (Å²) in [4.78, 5) is 11.6. The Labute approximate surface area is 105 Å². The average molecular weight is 258 g/mol. The first kappa shape index (κ1) is 14.4. The molecule has 0 saturated heterocycles. The van der Waals surface area contributed by atoms with E-state index in [1.165, 1.54) is 6.92 Å². The zero-order chi connectivity index (χ0) is 13.9. The van der Waals surface area contributed by atoms with E-state index < -0.39 is 29.3 Å². The fourth-order valence-corrected chi connectivity index (χ4v) is 1.19. The molecule has 0 aliphatic rings. The van der Waals surface area contributed by atoms with Gasteiger partial charge < -0.3 is 9.47 Å². The summed E-state index contributed by atoms with van der Waals surface area (Å²) in [7, 11) is 0. The molecule has 5 heteroatoms. The fraction of sp³-hybridized carbons (Fsp3) is 0.462. The summed E-state index contributed by atoms with van der Waals surface area (Å²) in [6.45, 7) is 6.60. The van der Waals surface area contributed by atoms with Crippen LogP contribution in [0.1, 0.15) is 27.7 Å². The molecule has 0 N–H and O–H groups in total. The average Bonchev–Trinajstić information content (AvgIpc) is 2.19. The van der Waals surface area contributed by atoms with Gasteiger partial charge in [0.2, 0.25) is 0 Å². The van der Waals surface area contributed by atoms with Crippen molar-refractivity contribution < 1.29 is 23.0 Å². The van der Waals surface area contributed by atoms with E-state index in [0.29, 0.717) is 6.07 Å². The highest BCUT2D eigenvalue weighted by Gasteiger charge is 2.23. The Balaban J connectivity index is 2.69.